The van der Waals surface area contributed by atoms with Crippen molar-refractivity contribution in [1.29, 1.82) is 0 Å². The molecular weight excluding hydrogens is 212 g/mol. The average Bonchev–Trinajstić information content (AvgIpc) is 2.24. The van der Waals surface area contributed by atoms with E-state index in [0.717, 1.165) is 13.0 Å². The van der Waals surface area contributed by atoms with Crippen LogP contribution in [0.3, 0.4) is 0 Å². The minimum absolute atomic E-state index is 0.228. The topological polar surface area (TPSA) is 27.7 Å². The van der Waals surface area contributed by atoms with Crippen LogP contribution in [0.25, 0.3) is 0 Å². The standard InChI is InChI=1S/C11H23O3S/c1-3-5-6-7-14-11(13-4-2)10-12-8-9-15/h11H,3-10H2,1-2H3. The van der Waals surface area contributed by atoms with Crippen LogP contribution in [0.15, 0.2) is 0 Å². The first kappa shape index (κ1) is 15.2. The summed E-state index contributed by atoms with van der Waals surface area (Å²) in [5.41, 5.74) is 0. The molecule has 0 aromatic carbocycles. The van der Waals surface area contributed by atoms with Crippen LogP contribution in [-0.2, 0) is 14.2 Å². The van der Waals surface area contributed by atoms with Gasteiger partial charge in [-0.25, -0.2) is 0 Å². The van der Waals surface area contributed by atoms with Gasteiger partial charge in [0, 0.05) is 19.0 Å². The summed E-state index contributed by atoms with van der Waals surface area (Å²) < 4.78 is 16.2. The molecule has 0 aliphatic heterocycles. The van der Waals surface area contributed by atoms with Gasteiger partial charge in [-0.05, 0) is 13.3 Å². The molecule has 0 rings (SSSR count). The van der Waals surface area contributed by atoms with Gasteiger partial charge in [-0.15, -0.1) is 0 Å². The van der Waals surface area contributed by atoms with E-state index < -0.39 is 0 Å². The molecule has 4 heteroatoms. The zero-order valence-corrected chi connectivity index (χ0v) is 10.7. The van der Waals surface area contributed by atoms with E-state index >= 15 is 0 Å². The highest BCUT2D eigenvalue weighted by atomic mass is 32.1. The van der Waals surface area contributed by atoms with Gasteiger partial charge < -0.3 is 14.2 Å². The molecular formula is C11H23O3S. The second-order valence-corrected chi connectivity index (χ2v) is 3.65. The lowest BCUT2D eigenvalue weighted by atomic mass is 10.3. The van der Waals surface area contributed by atoms with Crippen LogP contribution in [0.5, 0.6) is 0 Å². The van der Waals surface area contributed by atoms with Gasteiger partial charge in [0.1, 0.15) is 0 Å². The summed E-state index contributed by atoms with van der Waals surface area (Å²) >= 11 is 4.78. The Kier molecular flexibility index (Phi) is 12.5. The van der Waals surface area contributed by atoms with Crippen LogP contribution in [0.4, 0.5) is 0 Å². The second kappa shape index (κ2) is 12.3. The molecule has 1 unspecified atom stereocenters. The molecule has 0 spiro atoms. The SMILES string of the molecule is CCCCCOC(COCC[S])OCC. The van der Waals surface area contributed by atoms with Gasteiger partial charge in [0.25, 0.3) is 0 Å². The second-order valence-electron chi connectivity index (χ2n) is 3.24. The highest BCUT2D eigenvalue weighted by Gasteiger charge is 2.07. The van der Waals surface area contributed by atoms with Gasteiger partial charge in [-0.1, -0.05) is 32.4 Å². The van der Waals surface area contributed by atoms with Crippen molar-refractivity contribution in [2.45, 2.75) is 39.4 Å². The molecule has 0 aliphatic rings. The Morgan fingerprint density at radius 1 is 1.07 bits per heavy atom. The summed E-state index contributed by atoms with van der Waals surface area (Å²) in [5.74, 6) is 0.620. The molecule has 1 atom stereocenters. The summed E-state index contributed by atoms with van der Waals surface area (Å²) in [6.45, 7) is 6.60. The van der Waals surface area contributed by atoms with E-state index in [4.69, 9.17) is 26.8 Å². The highest BCUT2D eigenvalue weighted by Crippen LogP contribution is 2.01. The zero-order valence-electron chi connectivity index (χ0n) is 9.87. The van der Waals surface area contributed by atoms with Gasteiger partial charge in [0.05, 0.1) is 13.2 Å². The first-order chi connectivity index (χ1) is 7.35. The lowest BCUT2D eigenvalue weighted by Crippen LogP contribution is -2.24. The van der Waals surface area contributed by atoms with E-state index in [1.807, 2.05) is 6.92 Å². The van der Waals surface area contributed by atoms with E-state index in [1.54, 1.807) is 0 Å². The Bertz CT molecular complexity index is 122. The minimum atomic E-state index is -0.228. The molecule has 0 bridgehead atoms. The number of hydrogen-bond donors (Lipinski definition) is 0. The van der Waals surface area contributed by atoms with E-state index in [-0.39, 0.29) is 6.29 Å². The molecule has 0 aromatic heterocycles. The van der Waals surface area contributed by atoms with Gasteiger partial charge in [-0.3, -0.25) is 0 Å². The molecule has 3 nitrogen and oxygen atoms in total. The Hall–Kier alpha value is 0.230. The number of unbranched alkanes of at least 4 members (excludes halogenated alkanes) is 2. The largest absolute Gasteiger partial charge is 0.375 e. The Morgan fingerprint density at radius 2 is 1.87 bits per heavy atom. The quantitative estimate of drug-likeness (QED) is 0.407. The van der Waals surface area contributed by atoms with Crippen molar-refractivity contribution < 1.29 is 14.2 Å². The number of rotatable bonds is 11. The zero-order chi connectivity index (χ0) is 11.4. The highest BCUT2D eigenvalue weighted by molar-refractivity contribution is 7.80. The van der Waals surface area contributed by atoms with Crippen LogP contribution in [0, 0.1) is 0 Å². The molecule has 91 valence electrons. The van der Waals surface area contributed by atoms with Crippen molar-refractivity contribution in [1.82, 2.24) is 0 Å². The summed E-state index contributed by atoms with van der Waals surface area (Å²) in [4.78, 5) is 0. The maximum Gasteiger partial charge on any atom is 0.180 e. The molecule has 0 aromatic rings. The Morgan fingerprint density at radius 3 is 2.47 bits per heavy atom. The number of hydrogen-bond acceptors (Lipinski definition) is 3. The summed E-state index contributed by atoms with van der Waals surface area (Å²) in [7, 11) is 0. The lowest BCUT2D eigenvalue weighted by molar-refractivity contribution is -0.169. The van der Waals surface area contributed by atoms with E-state index in [2.05, 4.69) is 6.92 Å². The molecule has 0 amide bonds. The molecule has 0 fully saturated rings. The predicted octanol–water partition coefficient (Wildman–Crippen LogP) is 2.77. The maximum absolute atomic E-state index is 5.55. The molecule has 0 saturated carbocycles. The van der Waals surface area contributed by atoms with Crippen molar-refractivity contribution in [3.05, 3.63) is 0 Å². The smallest absolute Gasteiger partial charge is 0.180 e. The fraction of sp³-hybridized carbons (Fsp3) is 1.00. The van der Waals surface area contributed by atoms with Crippen LogP contribution in [0.2, 0.25) is 0 Å². The third-order valence-electron chi connectivity index (χ3n) is 1.89. The molecule has 0 aliphatic carbocycles. The first-order valence-electron chi connectivity index (χ1n) is 5.74. The monoisotopic (exact) mass is 235 g/mol. The van der Waals surface area contributed by atoms with Crippen LogP contribution in [-0.4, -0.2) is 38.5 Å². The van der Waals surface area contributed by atoms with Crippen molar-refractivity contribution >= 4 is 12.6 Å². The summed E-state index contributed by atoms with van der Waals surface area (Å²) in [6.07, 6.45) is 3.26. The van der Waals surface area contributed by atoms with Crippen molar-refractivity contribution in [3.63, 3.8) is 0 Å². The van der Waals surface area contributed by atoms with Crippen LogP contribution in [0.1, 0.15) is 33.1 Å². The summed E-state index contributed by atoms with van der Waals surface area (Å²) in [5, 5.41) is 0. The van der Waals surface area contributed by atoms with Gasteiger partial charge in [-0.2, -0.15) is 0 Å². The number of ether oxygens (including phenoxy) is 3. The molecule has 15 heavy (non-hydrogen) atoms. The molecule has 0 N–H and O–H groups in total. The fourth-order valence-corrected chi connectivity index (χ4v) is 1.25. The normalized spacial score (nSPS) is 13.0. The van der Waals surface area contributed by atoms with E-state index in [1.165, 1.54) is 12.8 Å². The minimum Gasteiger partial charge on any atom is -0.375 e. The first-order valence-corrected chi connectivity index (χ1v) is 6.31. The van der Waals surface area contributed by atoms with Crippen LogP contribution >= 0.6 is 12.6 Å². The third-order valence-corrected chi connectivity index (χ3v) is 2.05. The van der Waals surface area contributed by atoms with E-state index in [0.29, 0.717) is 25.6 Å². The average molecular weight is 235 g/mol. The fourth-order valence-electron chi connectivity index (χ4n) is 1.14. The van der Waals surface area contributed by atoms with Crippen molar-refractivity contribution in [2.75, 3.05) is 32.2 Å². The van der Waals surface area contributed by atoms with Gasteiger partial charge in [0.15, 0.2) is 6.29 Å². The molecule has 1 radical (unpaired) electrons. The predicted molar refractivity (Wildman–Crippen MR) is 64.2 cm³/mol. The Labute approximate surface area is 98.9 Å². The maximum atomic E-state index is 5.55. The molecule has 0 saturated heterocycles. The third kappa shape index (κ3) is 10.5. The van der Waals surface area contributed by atoms with Crippen molar-refractivity contribution in [3.8, 4) is 0 Å². The van der Waals surface area contributed by atoms with Crippen molar-refractivity contribution in [2.24, 2.45) is 0 Å². The van der Waals surface area contributed by atoms with Gasteiger partial charge in [0.2, 0.25) is 0 Å². The summed E-state index contributed by atoms with van der Waals surface area (Å²) in [6, 6.07) is 0. The van der Waals surface area contributed by atoms with Gasteiger partial charge >= 0.3 is 0 Å². The van der Waals surface area contributed by atoms with Crippen LogP contribution < -0.4 is 0 Å². The van der Waals surface area contributed by atoms with E-state index in [9.17, 15) is 0 Å². The molecule has 0 heterocycles. The Balaban J connectivity index is 3.44. The lowest BCUT2D eigenvalue weighted by Gasteiger charge is -2.17.